The fourth-order valence-electron chi connectivity index (χ4n) is 1.03. The van der Waals surface area contributed by atoms with Crippen LogP contribution in [0.5, 0.6) is 5.75 Å². The molecular formula is C10H11ClN2O3. The topological polar surface area (TPSA) is 81.4 Å². The van der Waals surface area contributed by atoms with E-state index in [1.54, 1.807) is 18.2 Å². The second kappa shape index (κ2) is 5.37. The number of nitrogens with two attached hydrogens (primary N) is 1. The Balaban J connectivity index is 2.51. The van der Waals surface area contributed by atoms with Crippen molar-refractivity contribution in [2.24, 2.45) is 5.73 Å². The Labute approximate surface area is 97.5 Å². The number of carbonyl (C=O) groups excluding carboxylic acids is 2. The fraction of sp³-hybridized carbons (Fsp3) is 0.200. The van der Waals surface area contributed by atoms with Crippen molar-refractivity contribution in [3.05, 3.63) is 28.8 Å². The summed E-state index contributed by atoms with van der Waals surface area (Å²) in [7, 11) is 0. The van der Waals surface area contributed by atoms with Gasteiger partial charge in [-0.3, -0.25) is 10.1 Å². The molecule has 0 bridgehead atoms. The third-order valence-electron chi connectivity index (χ3n) is 1.76. The van der Waals surface area contributed by atoms with Gasteiger partial charge in [0.2, 0.25) is 0 Å². The van der Waals surface area contributed by atoms with E-state index < -0.39 is 11.9 Å². The second-order valence-corrected chi connectivity index (χ2v) is 3.52. The molecule has 0 aliphatic carbocycles. The maximum atomic E-state index is 11.0. The summed E-state index contributed by atoms with van der Waals surface area (Å²) in [6.45, 7) is 1.54. The van der Waals surface area contributed by atoms with Gasteiger partial charge in [-0.15, -0.1) is 0 Å². The Morgan fingerprint density at radius 2 is 2.19 bits per heavy atom. The molecule has 3 amide bonds. The van der Waals surface area contributed by atoms with Crippen LogP contribution < -0.4 is 15.8 Å². The number of primary amides is 1. The summed E-state index contributed by atoms with van der Waals surface area (Å²) in [5.74, 6) is -0.0957. The molecule has 16 heavy (non-hydrogen) atoms. The highest BCUT2D eigenvalue weighted by Crippen LogP contribution is 2.20. The van der Waals surface area contributed by atoms with Crippen LogP contribution in [0.25, 0.3) is 0 Å². The van der Waals surface area contributed by atoms with Crippen molar-refractivity contribution in [1.29, 1.82) is 0 Å². The van der Waals surface area contributed by atoms with Crippen LogP contribution in [0.4, 0.5) is 4.79 Å². The molecule has 0 aliphatic rings. The largest absolute Gasteiger partial charge is 0.484 e. The molecule has 0 aromatic heterocycles. The van der Waals surface area contributed by atoms with Crippen molar-refractivity contribution in [2.45, 2.75) is 6.92 Å². The molecule has 0 radical (unpaired) electrons. The third kappa shape index (κ3) is 3.78. The Kier molecular flexibility index (Phi) is 4.13. The number of ether oxygens (including phenoxy) is 1. The molecule has 0 spiro atoms. The van der Waals surface area contributed by atoms with E-state index in [0.717, 1.165) is 5.56 Å². The third-order valence-corrected chi connectivity index (χ3v) is 2.19. The number of hydrogen-bond acceptors (Lipinski definition) is 3. The summed E-state index contributed by atoms with van der Waals surface area (Å²) >= 11 is 5.82. The van der Waals surface area contributed by atoms with Gasteiger partial charge >= 0.3 is 6.03 Å². The normalized spacial score (nSPS) is 9.62. The maximum absolute atomic E-state index is 11.0. The second-order valence-electron chi connectivity index (χ2n) is 3.11. The van der Waals surface area contributed by atoms with Gasteiger partial charge in [0.1, 0.15) is 5.75 Å². The highest BCUT2D eigenvalue weighted by Gasteiger charge is 2.05. The zero-order valence-electron chi connectivity index (χ0n) is 8.62. The molecular weight excluding hydrogens is 232 g/mol. The molecule has 1 aromatic carbocycles. The summed E-state index contributed by atoms with van der Waals surface area (Å²) in [5, 5.41) is 2.51. The van der Waals surface area contributed by atoms with Gasteiger partial charge in [-0.05, 0) is 30.7 Å². The van der Waals surface area contributed by atoms with Gasteiger partial charge in [0, 0.05) is 5.02 Å². The Hall–Kier alpha value is -1.75. The van der Waals surface area contributed by atoms with E-state index in [2.05, 4.69) is 0 Å². The summed E-state index contributed by atoms with van der Waals surface area (Å²) in [6, 6.07) is 4.09. The standard InChI is InChI=1S/C10H11ClN2O3/c1-6-4-7(2-3-8(6)11)16-5-9(14)13-10(12)15/h2-4H,5H2,1H3,(H3,12,13,14,15). The first-order valence-corrected chi connectivity index (χ1v) is 4.85. The van der Waals surface area contributed by atoms with Crippen molar-refractivity contribution in [3.63, 3.8) is 0 Å². The average Bonchev–Trinajstić information content (AvgIpc) is 2.19. The highest BCUT2D eigenvalue weighted by atomic mass is 35.5. The van der Waals surface area contributed by atoms with E-state index >= 15 is 0 Å². The smallest absolute Gasteiger partial charge is 0.318 e. The summed E-state index contributed by atoms with van der Waals surface area (Å²) < 4.78 is 5.13. The number of rotatable bonds is 3. The van der Waals surface area contributed by atoms with Crippen molar-refractivity contribution >= 4 is 23.5 Å². The van der Waals surface area contributed by atoms with Crippen LogP contribution in [0.2, 0.25) is 5.02 Å². The molecule has 0 saturated heterocycles. The molecule has 3 N–H and O–H groups in total. The van der Waals surface area contributed by atoms with E-state index in [-0.39, 0.29) is 6.61 Å². The number of hydrogen-bond donors (Lipinski definition) is 2. The minimum Gasteiger partial charge on any atom is -0.484 e. The summed E-state index contributed by atoms with van der Waals surface area (Å²) in [4.78, 5) is 21.4. The van der Waals surface area contributed by atoms with Crippen LogP contribution in [0, 0.1) is 6.92 Å². The van der Waals surface area contributed by atoms with Gasteiger partial charge in [0.05, 0.1) is 0 Å². The molecule has 0 saturated carbocycles. The van der Waals surface area contributed by atoms with E-state index in [4.69, 9.17) is 22.1 Å². The summed E-state index contributed by atoms with van der Waals surface area (Å²) in [6.07, 6.45) is 0. The van der Waals surface area contributed by atoms with Crippen molar-refractivity contribution in [2.75, 3.05) is 6.61 Å². The number of nitrogens with one attached hydrogen (secondary N) is 1. The highest BCUT2D eigenvalue weighted by molar-refractivity contribution is 6.31. The van der Waals surface area contributed by atoms with Crippen LogP contribution in [0.1, 0.15) is 5.56 Å². The molecule has 0 aliphatic heterocycles. The number of amides is 3. The quantitative estimate of drug-likeness (QED) is 0.836. The van der Waals surface area contributed by atoms with Gasteiger partial charge in [-0.2, -0.15) is 0 Å². The lowest BCUT2D eigenvalue weighted by Gasteiger charge is -2.06. The number of halogens is 1. The molecule has 1 rings (SSSR count). The van der Waals surface area contributed by atoms with Gasteiger partial charge in [0.15, 0.2) is 6.61 Å². The van der Waals surface area contributed by atoms with Gasteiger partial charge < -0.3 is 10.5 Å². The molecule has 5 nitrogen and oxygen atoms in total. The van der Waals surface area contributed by atoms with E-state index in [9.17, 15) is 9.59 Å². The predicted molar refractivity (Wildman–Crippen MR) is 59.4 cm³/mol. The number of aryl methyl sites for hydroxylation is 1. The minimum absolute atomic E-state index is 0.274. The fourth-order valence-corrected chi connectivity index (χ4v) is 1.15. The lowest BCUT2D eigenvalue weighted by atomic mass is 10.2. The first kappa shape index (κ1) is 12.3. The average molecular weight is 243 g/mol. The molecule has 0 heterocycles. The number of carbonyl (C=O) groups is 2. The van der Waals surface area contributed by atoms with Gasteiger partial charge in [-0.25, -0.2) is 4.79 Å². The first-order chi connectivity index (χ1) is 7.49. The van der Waals surface area contributed by atoms with Crippen LogP contribution in [0.3, 0.4) is 0 Å². The van der Waals surface area contributed by atoms with Crippen LogP contribution >= 0.6 is 11.6 Å². The van der Waals surface area contributed by atoms with Gasteiger partial charge in [-0.1, -0.05) is 11.6 Å². The molecule has 6 heteroatoms. The SMILES string of the molecule is Cc1cc(OCC(=O)NC(N)=O)ccc1Cl. The Morgan fingerprint density at radius 1 is 1.50 bits per heavy atom. The molecule has 0 unspecified atom stereocenters. The van der Waals surface area contributed by atoms with E-state index in [1.807, 2.05) is 12.2 Å². The van der Waals surface area contributed by atoms with Crippen LogP contribution in [0.15, 0.2) is 18.2 Å². The minimum atomic E-state index is -0.902. The van der Waals surface area contributed by atoms with Crippen molar-refractivity contribution in [1.82, 2.24) is 5.32 Å². The van der Waals surface area contributed by atoms with Crippen molar-refractivity contribution in [3.8, 4) is 5.75 Å². The lowest BCUT2D eigenvalue weighted by molar-refractivity contribution is -0.121. The predicted octanol–water partition coefficient (Wildman–Crippen LogP) is 1.22. The Morgan fingerprint density at radius 3 is 2.75 bits per heavy atom. The zero-order chi connectivity index (χ0) is 12.1. The van der Waals surface area contributed by atoms with Crippen molar-refractivity contribution < 1.29 is 14.3 Å². The zero-order valence-corrected chi connectivity index (χ0v) is 9.38. The summed E-state index contributed by atoms with van der Waals surface area (Å²) in [5.41, 5.74) is 5.60. The van der Waals surface area contributed by atoms with E-state index in [1.165, 1.54) is 0 Å². The van der Waals surface area contributed by atoms with E-state index in [0.29, 0.717) is 10.8 Å². The van der Waals surface area contributed by atoms with Gasteiger partial charge in [0.25, 0.3) is 5.91 Å². The number of imide groups is 1. The molecule has 86 valence electrons. The number of urea groups is 1. The first-order valence-electron chi connectivity index (χ1n) is 4.47. The van der Waals surface area contributed by atoms with Crippen LogP contribution in [-0.4, -0.2) is 18.5 Å². The molecule has 0 fully saturated rings. The molecule has 0 atom stereocenters. The Bertz CT molecular complexity index is 421. The van der Waals surface area contributed by atoms with Crippen LogP contribution in [-0.2, 0) is 4.79 Å². The maximum Gasteiger partial charge on any atom is 0.318 e. The monoisotopic (exact) mass is 242 g/mol. The number of benzene rings is 1. The molecule has 1 aromatic rings. The lowest BCUT2D eigenvalue weighted by Crippen LogP contribution is -2.38.